The molecule has 2 heterocycles. The van der Waals surface area contributed by atoms with E-state index in [0.29, 0.717) is 29.5 Å². The number of nitrogens with zero attached hydrogens (tertiary/aromatic N) is 2. The zero-order valence-corrected chi connectivity index (χ0v) is 17.4. The topological polar surface area (TPSA) is 120 Å². The number of carbonyl (C=O) groups is 1. The summed E-state index contributed by atoms with van der Waals surface area (Å²) in [5, 5.41) is 0. The molecule has 1 amide bonds. The number of nitrogens with one attached hydrogen (secondary N) is 1. The number of amidine groups is 1. The molecule has 0 bridgehead atoms. The third-order valence-electron chi connectivity index (χ3n) is 6.01. The van der Waals surface area contributed by atoms with Gasteiger partial charge in [0, 0.05) is 24.9 Å². The van der Waals surface area contributed by atoms with Gasteiger partial charge in [-0.15, -0.1) is 4.40 Å². The number of rotatable bonds is 4. The summed E-state index contributed by atoms with van der Waals surface area (Å²) in [6.45, 7) is 2.05. The van der Waals surface area contributed by atoms with Gasteiger partial charge in [0.2, 0.25) is 5.91 Å². The molecule has 4 rings (SSSR count). The van der Waals surface area contributed by atoms with Crippen molar-refractivity contribution in [2.45, 2.75) is 44.9 Å². The third-order valence-corrected chi connectivity index (χ3v) is 6.96. The number of hydrogen-bond donors (Lipinski definition) is 4. The number of ether oxygens (including phenoxy) is 1. The molecule has 5 N–H and O–H groups in total. The molecule has 29 heavy (non-hydrogen) atoms. The highest BCUT2D eigenvalue weighted by Gasteiger charge is 2.30. The minimum Gasteiger partial charge on any atom is -0.492 e. The summed E-state index contributed by atoms with van der Waals surface area (Å²) in [6.07, 6.45) is 7.64. The number of carbonyl (C=O) groups excluding carboxylic acids is 1. The molecular weight excluding hydrogens is 392 g/mol. The lowest BCUT2D eigenvalue weighted by Gasteiger charge is -2.36. The molecule has 9 heteroatoms. The van der Waals surface area contributed by atoms with Crippen LogP contribution in [0.4, 0.5) is 5.69 Å². The van der Waals surface area contributed by atoms with Crippen LogP contribution in [-0.2, 0) is 4.79 Å². The Labute approximate surface area is 173 Å². The van der Waals surface area contributed by atoms with Crippen LogP contribution in [0.2, 0.25) is 0 Å². The van der Waals surface area contributed by atoms with E-state index >= 15 is 0 Å². The van der Waals surface area contributed by atoms with E-state index in [0.717, 1.165) is 51.6 Å². The lowest BCUT2D eigenvalue weighted by atomic mass is 9.87. The van der Waals surface area contributed by atoms with E-state index in [1.165, 1.54) is 6.42 Å². The minimum absolute atomic E-state index is 0.0482. The van der Waals surface area contributed by atoms with Crippen LogP contribution in [0, 0.1) is 11.8 Å². The van der Waals surface area contributed by atoms with Crippen LogP contribution in [0.5, 0.6) is 5.75 Å². The van der Waals surface area contributed by atoms with Crippen molar-refractivity contribution < 1.29 is 18.6 Å². The van der Waals surface area contributed by atoms with Crippen LogP contribution < -0.4 is 15.2 Å². The number of anilines is 1. The van der Waals surface area contributed by atoms with Crippen molar-refractivity contribution in [1.82, 2.24) is 4.90 Å². The minimum atomic E-state index is -3.31. The van der Waals surface area contributed by atoms with Gasteiger partial charge in [-0.25, -0.2) is 0 Å². The van der Waals surface area contributed by atoms with Crippen molar-refractivity contribution in [3.8, 4) is 5.75 Å². The predicted octanol–water partition coefficient (Wildman–Crippen LogP) is 3.60. The van der Waals surface area contributed by atoms with Gasteiger partial charge in [0.05, 0.1) is 17.9 Å². The van der Waals surface area contributed by atoms with Crippen molar-refractivity contribution in [3.63, 3.8) is 0 Å². The van der Waals surface area contributed by atoms with Gasteiger partial charge in [0.25, 0.3) is 0 Å². The highest BCUT2D eigenvalue weighted by molar-refractivity contribution is 8.24. The van der Waals surface area contributed by atoms with Gasteiger partial charge in [0.15, 0.2) is 5.84 Å². The second-order valence-electron chi connectivity index (χ2n) is 8.21. The van der Waals surface area contributed by atoms with Crippen LogP contribution >= 0.6 is 11.0 Å². The van der Waals surface area contributed by atoms with Gasteiger partial charge in [0.1, 0.15) is 5.75 Å². The molecule has 1 aliphatic carbocycles. The predicted molar refractivity (Wildman–Crippen MR) is 115 cm³/mol. The molecule has 1 atom stereocenters. The van der Waals surface area contributed by atoms with E-state index in [1.807, 2.05) is 4.90 Å². The van der Waals surface area contributed by atoms with Gasteiger partial charge in [-0.3, -0.25) is 18.6 Å². The molecule has 0 radical (unpaired) electrons. The van der Waals surface area contributed by atoms with E-state index in [4.69, 9.17) is 10.5 Å². The quantitative estimate of drug-likeness (QED) is 0.588. The largest absolute Gasteiger partial charge is 0.492 e. The molecule has 1 saturated carbocycles. The molecule has 0 spiro atoms. The molecule has 2 fully saturated rings. The summed E-state index contributed by atoms with van der Waals surface area (Å²) in [5.41, 5.74) is 6.99. The fourth-order valence-corrected chi connectivity index (χ4v) is 5.45. The van der Waals surface area contributed by atoms with Crippen molar-refractivity contribution in [1.29, 1.82) is 0 Å². The third kappa shape index (κ3) is 4.62. The second-order valence-corrected chi connectivity index (χ2v) is 9.64. The number of fused-ring (bicyclic) bond motifs is 1. The van der Waals surface area contributed by atoms with Gasteiger partial charge < -0.3 is 15.4 Å². The Morgan fingerprint density at radius 3 is 2.83 bits per heavy atom. The monoisotopic (exact) mass is 422 g/mol. The maximum atomic E-state index is 12.9. The maximum absolute atomic E-state index is 12.9. The Hall–Kier alpha value is -1.97. The highest BCUT2D eigenvalue weighted by atomic mass is 32.3. The molecule has 1 aromatic rings. The molecular formula is C20H30N4O4S. The van der Waals surface area contributed by atoms with E-state index in [2.05, 4.69) is 9.12 Å². The lowest BCUT2D eigenvalue weighted by Crippen LogP contribution is -2.44. The molecule has 0 unspecified atom stereocenters. The fraction of sp³-hybridized carbons (Fsp3) is 0.600. The molecule has 1 saturated heterocycles. The first-order valence-electron chi connectivity index (χ1n) is 10.4. The lowest BCUT2D eigenvalue weighted by molar-refractivity contribution is -0.138. The van der Waals surface area contributed by atoms with Crippen LogP contribution in [-0.4, -0.2) is 45.4 Å². The number of hydrogen-bond acceptors (Lipinski definition) is 7. The summed E-state index contributed by atoms with van der Waals surface area (Å²) < 4.78 is 32.0. The highest BCUT2D eigenvalue weighted by Crippen LogP contribution is 2.46. The van der Waals surface area contributed by atoms with Crippen molar-refractivity contribution in [3.05, 3.63) is 23.8 Å². The van der Waals surface area contributed by atoms with Crippen molar-refractivity contribution in [2.24, 2.45) is 22.0 Å². The number of amides is 1. The summed E-state index contributed by atoms with van der Waals surface area (Å²) in [7, 11) is -3.31. The summed E-state index contributed by atoms with van der Waals surface area (Å²) >= 11 is 0. The normalized spacial score (nSPS) is 25.4. The number of piperidine rings is 1. The van der Waals surface area contributed by atoms with Crippen molar-refractivity contribution in [2.75, 3.05) is 24.4 Å². The molecule has 0 aromatic heterocycles. The average molecular weight is 423 g/mol. The number of likely N-dealkylation sites (tertiary alicyclic amines) is 1. The van der Waals surface area contributed by atoms with Gasteiger partial charge in [-0.1, -0.05) is 25.3 Å². The number of benzene rings is 1. The molecule has 3 aliphatic rings. The second kappa shape index (κ2) is 8.41. The van der Waals surface area contributed by atoms with E-state index in [-0.39, 0.29) is 17.7 Å². The van der Waals surface area contributed by atoms with Gasteiger partial charge in [-0.05, 0) is 48.8 Å². The average Bonchev–Trinajstić information content (AvgIpc) is 2.71. The molecule has 8 nitrogen and oxygen atoms in total. The zero-order chi connectivity index (χ0) is 20.4. The SMILES string of the molecule is NC1=NS(O)(O)Nc2cccc(OC[C@H]3CCCN(C(=O)C4CCCCC4)C3)c21. The van der Waals surface area contributed by atoms with Crippen LogP contribution in [0.25, 0.3) is 0 Å². The van der Waals surface area contributed by atoms with E-state index in [9.17, 15) is 13.9 Å². The van der Waals surface area contributed by atoms with E-state index in [1.54, 1.807) is 18.2 Å². The van der Waals surface area contributed by atoms with Crippen LogP contribution in [0.3, 0.4) is 0 Å². The number of nitrogens with two attached hydrogens (primary N) is 1. The molecule has 2 aliphatic heterocycles. The first-order valence-corrected chi connectivity index (χ1v) is 11.9. The summed E-state index contributed by atoms with van der Waals surface area (Å²) in [5.74, 6) is 1.39. The Balaban J connectivity index is 1.39. The first kappa shape index (κ1) is 20.3. The standard InChI is InChI=1S/C20H30N4O4S/c21-19-18-16(22-29(26,27)23-19)9-4-10-17(18)28-13-14-6-5-11-24(12-14)20(25)15-7-2-1-3-8-15/h4,9-10,14-15,22,26-27H,1-3,5-8,11-13H2,(H2,21,23)/t14-/m0/s1. The zero-order valence-electron chi connectivity index (χ0n) is 16.5. The van der Waals surface area contributed by atoms with Gasteiger partial charge >= 0.3 is 0 Å². The van der Waals surface area contributed by atoms with Crippen molar-refractivity contribution >= 4 is 28.4 Å². The Morgan fingerprint density at radius 1 is 1.24 bits per heavy atom. The van der Waals surface area contributed by atoms with Crippen LogP contribution in [0.1, 0.15) is 50.5 Å². The fourth-order valence-electron chi connectivity index (χ4n) is 4.57. The van der Waals surface area contributed by atoms with Gasteiger partial charge in [-0.2, -0.15) is 0 Å². The Bertz CT molecular complexity index is 795. The maximum Gasteiger partial charge on any atom is 0.225 e. The Kier molecular flexibility index (Phi) is 5.89. The molecule has 1 aromatic carbocycles. The van der Waals surface area contributed by atoms with Crippen LogP contribution in [0.15, 0.2) is 22.6 Å². The summed E-state index contributed by atoms with van der Waals surface area (Å²) in [6, 6.07) is 5.28. The molecule has 160 valence electrons. The first-order chi connectivity index (χ1) is 13.9. The smallest absolute Gasteiger partial charge is 0.225 e. The van der Waals surface area contributed by atoms with E-state index < -0.39 is 11.0 Å². The Morgan fingerprint density at radius 2 is 2.03 bits per heavy atom. The summed E-state index contributed by atoms with van der Waals surface area (Å²) in [4.78, 5) is 14.9.